The molecule has 2 rings (SSSR count). The van der Waals surface area contributed by atoms with Crippen molar-refractivity contribution in [1.29, 1.82) is 0 Å². The lowest BCUT2D eigenvalue weighted by Crippen LogP contribution is -2.43. The molecular formula is C14H23N3O3S2. The molecule has 124 valence electrons. The Kier molecular flexibility index (Phi) is 5.94. The molecule has 1 N–H and O–H groups in total. The summed E-state index contributed by atoms with van der Waals surface area (Å²) in [4.78, 5) is 17.2. The van der Waals surface area contributed by atoms with Crippen LogP contribution < -0.4 is 5.32 Å². The summed E-state index contributed by atoms with van der Waals surface area (Å²) in [6.45, 7) is 3.60. The number of amides is 1. The average Bonchev–Trinajstić information content (AvgIpc) is 2.88. The predicted molar refractivity (Wildman–Crippen MR) is 87.3 cm³/mol. The van der Waals surface area contributed by atoms with Crippen LogP contribution in [0.3, 0.4) is 0 Å². The molecule has 1 aliphatic heterocycles. The Morgan fingerprint density at radius 2 is 2.32 bits per heavy atom. The monoisotopic (exact) mass is 345 g/mol. The molecule has 1 aromatic heterocycles. The van der Waals surface area contributed by atoms with Crippen LogP contribution in [0.1, 0.15) is 29.8 Å². The molecule has 1 atom stereocenters. The number of carbonyl (C=O) groups is 1. The van der Waals surface area contributed by atoms with E-state index in [1.54, 1.807) is 16.8 Å². The van der Waals surface area contributed by atoms with Gasteiger partial charge in [0.25, 0.3) is 0 Å². The van der Waals surface area contributed by atoms with Gasteiger partial charge in [0, 0.05) is 30.9 Å². The largest absolute Gasteiger partial charge is 0.356 e. The molecule has 1 saturated heterocycles. The van der Waals surface area contributed by atoms with Gasteiger partial charge in [0.2, 0.25) is 15.9 Å². The zero-order valence-electron chi connectivity index (χ0n) is 13.0. The molecule has 1 fully saturated rings. The van der Waals surface area contributed by atoms with Gasteiger partial charge in [-0.3, -0.25) is 4.79 Å². The highest BCUT2D eigenvalue weighted by molar-refractivity contribution is 7.88. The molecule has 0 aromatic carbocycles. The average molecular weight is 345 g/mol. The van der Waals surface area contributed by atoms with Crippen molar-refractivity contribution in [3.05, 3.63) is 16.1 Å². The topological polar surface area (TPSA) is 79.4 Å². The fourth-order valence-corrected chi connectivity index (χ4v) is 4.36. The number of thiazole rings is 1. The second-order valence-electron chi connectivity index (χ2n) is 5.79. The van der Waals surface area contributed by atoms with Gasteiger partial charge in [0.05, 0.1) is 17.5 Å². The van der Waals surface area contributed by atoms with E-state index in [0.717, 1.165) is 23.4 Å². The lowest BCUT2D eigenvalue weighted by atomic mass is 9.99. The molecule has 8 heteroatoms. The minimum atomic E-state index is -3.13. The molecule has 6 nitrogen and oxygen atoms in total. The zero-order valence-corrected chi connectivity index (χ0v) is 14.7. The summed E-state index contributed by atoms with van der Waals surface area (Å²) in [5.41, 5.74) is 2.79. The first-order valence-electron chi connectivity index (χ1n) is 7.47. The van der Waals surface area contributed by atoms with Crippen molar-refractivity contribution in [2.45, 2.75) is 32.6 Å². The molecule has 0 radical (unpaired) electrons. The summed E-state index contributed by atoms with van der Waals surface area (Å²) in [7, 11) is -3.13. The fraction of sp³-hybridized carbons (Fsp3) is 0.714. The minimum absolute atomic E-state index is 0.0179. The van der Waals surface area contributed by atoms with Gasteiger partial charge >= 0.3 is 0 Å². The van der Waals surface area contributed by atoms with Gasteiger partial charge in [-0.1, -0.05) is 0 Å². The van der Waals surface area contributed by atoms with E-state index < -0.39 is 10.0 Å². The van der Waals surface area contributed by atoms with E-state index in [-0.39, 0.29) is 11.8 Å². The lowest BCUT2D eigenvalue weighted by Gasteiger charge is -2.30. The molecule has 1 aliphatic rings. The smallest absolute Gasteiger partial charge is 0.220 e. The van der Waals surface area contributed by atoms with Crippen LogP contribution in [0.5, 0.6) is 0 Å². The Hall–Kier alpha value is -0.990. The van der Waals surface area contributed by atoms with Crippen molar-refractivity contribution in [2.24, 2.45) is 5.92 Å². The van der Waals surface area contributed by atoms with Gasteiger partial charge in [-0.25, -0.2) is 17.7 Å². The van der Waals surface area contributed by atoms with Crippen molar-refractivity contribution < 1.29 is 13.2 Å². The first-order chi connectivity index (χ1) is 10.4. The van der Waals surface area contributed by atoms with Crippen LogP contribution in [-0.2, 0) is 21.2 Å². The van der Waals surface area contributed by atoms with Gasteiger partial charge in [-0.2, -0.15) is 0 Å². The summed E-state index contributed by atoms with van der Waals surface area (Å²) in [6, 6.07) is 0. The van der Waals surface area contributed by atoms with Gasteiger partial charge < -0.3 is 5.32 Å². The number of sulfonamides is 1. The van der Waals surface area contributed by atoms with Crippen LogP contribution in [0.25, 0.3) is 0 Å². The number of nitrogens with one attached hydrogen (secondary N) is 1. The number of carbonyl (C=O) groups excluding carboxylic acids is 1. The molecule has 0 spiro atoms. The Labute approximate surface area is 136 Å². The van der Waals surface area contributed by atoms with Crippen LogP contribution in [0, 0.1) is 12.8 Å². The van der Waals surface area contributed by atoms with Crippen LogP contribution in [0.15, 0.2) is 5.51 Å². The number of hydrogen-bond donors (Lipinski definition) is 1. The van der Waals surface area contributed by atoms with E-state index in [2.05, 4.69) is 10.3 Å². The van der Waals surface area contributed by atoms with E-state index in [1.165, 1.54) is 10.6 Å². The van der Waals surface area contributed by atoms with E-state index in [1.807, 2.05) is 6.92 Å². The molecule has 2 heterocycles. The maximum absolute atomic E-state index is 11.9. The molecule has 0 saturated carbocycles. The normalized spacial score (nSPS) is 20.0. The maximum atomic E-state index is 11.9. The van der Waals surface area contributed by atoms with Gasteiger partial charge in [0.1, 0.15) is 0 Å². The standard InChI is InChI=1S/C14H23N3O3S2/c1-11-13(21-10-16-11)5-6-14(18)15-8-12-4-3-7-17(9-12)22(2,19)20/h10,12H,3-9H2,1-2H3,(H,15,18). The summed E-state index contributed by atoms with van der Waals surface area (Å²) >= 11 is 1.58. The Morgan fingerprint density at radius 1 is 1.55 bits per heavy atom. The molecule has 0 bridgehead atoms. The Bertz CT molecular complexity index is 613. The van der Waals surface area contributed by atoms with E-state index in [0.29, 0.717) is 32.5 Å². The molecule has 1 unspecified atom stereocenters. The Balaban J connectivity index is 1.73. The number of hydrogen-bond acceptors (Lipinski definition) is 5. The summed E-state index contributed by atoms with van der Waals surface area (Å²) in [6.07, 6.45) is 4.22. The van der Waals surface area contributed by atoms with E-state index in [9.17, 15) is 13.2 Å². The summed E-state index contributed by atoms with van der Waals surface area (Å²) in [5, 5.41) is 2.93. The first-order valence-corrected chi connectivity index (χ1v) is 10.2. The van der Waals surface area contributed by atoms with Crippen LogP contribution in [-0.4, -0.2) is 49.5 Å². The van der Waals surface area contributed by atoms with Gasteiger partial charge in [0.15, 0.2) is 0 Å². The molecule has 1 amide bonds. The van der Waals surface area contributed by atoms with Crippen LogP contribution >= 0.6 is 11.3 Å². The van der Waals surface area contributed by atoms with Gasteiger partial charge in [-0.15, -0.1) is 11.3 Å². The number of nitrogens with zero attached hydrogens (tertiary/aromatic N) is 2. The minimum Gasteiger partial charge on any atom is -0.356 e. The summed E-state index contributed by atoms with van der Waals surface area (Å²) in [5.74, 6) is 0.224. The summed E-state index contributed by atoms with van der Waals surface area (Å²) < 4.78 is 24.6. The molecule has 22 heavy (non-hydrogen) atoms. The zero-order chi connectivity index (χ0) is 16.2. The highest BCUT2D eigenvalue weighted by atomic mass is 32.2. The maximum Gasteiger partial charge on any atom is 0.220 e. The van der Waals surface area contributed by atoms with Crippen molar-refractivity contribution >= 4 is 27.3 Å². The predicted octanol–water partition coefficient (Wildman–Crippen LogP) is 1.17. The van der Waals surface area contributed by atoms with E-state index >= 15 is 0 Å². The van der Waals surface area contributed by atoms with E-state index in [4.69, 9.17) is 0 Å². The SMILES string of the molecule is Cc1ncsc1CCC(=O)NCC1CCCN(S(C)(=O)=O)C1. The molecule has 1 aromatic rings. The van der Waals surface area contributed by atoms with Crippen molar-refractivity contribution in [3.8, 4) is 0 Å². The number of aryl methyl sites for hydroxylation is 2. The number of piperidine rings is 1. The second-order valence-corrected chi connectivity index (χ2v) is 8.72. The highest BCUT2D eigenvalue weighted by Gasteiger charge is 2.25. The Morgan fingerprint density at radius 3 is 2.95 bits per heavy atom. The van der Waals surface area contributed by atoms with Crippen molar-refractivity contribution in [2.75, 3.05) is 25.9 Å². The highest BCUT2D eigenvalue weighted by Crippen LogP contribution is 2.18. The fourth-order valence-electron chi connectivity index (χ4n) is 2.63. The van der Waals surface area contributed by atoms with Crippen LogP contribution in [0.4, 0.5) is 0 Å². The third-order valence-electron chi connectivity index (χ3n) is 3.96. The molecule has 0 aliphatic carbocycles. The number of rotatable bonds is 6. The molecular weight excluding hydrogens is 322 g/mol. The second kappa shape index (κ2) is 7.52. The number of aromatic nitrogens is 1. The third kappa shape index (κ3) is 5.03. The lowest BCUT2D eigenvalue weighted by molar-refractivity contribution is -0.121. The first kappa shape index (κ1) is 17.4. The van der Waals surface area contributed by atoms with Crippen molar-refractivity contribution in [3.63, 3.8) is 0 Å². The quantitative estimate of drug-likeness (QED) is 0.839. The third-order valence-corrected chi connectivity index (χ3v) is 6.23. The van der Waals surface area contributed by atoms with Crippen LogP contribution in [0.2, 0.25) is 0 Å². The van der Waals surface area contributed by atoms with Crippen molar-refractivity contribution in [1.82, 2.24) is 14.6 Å². The van der Waals surface area contributed by atoms with Gasteiger partial charge in [-0.05, 0) is 32.1 Å².